The predicted molar refractivity (Wildman–Crippen MR) is 88.3 cm³/mol. The summed E-state index contributed by atoms with van der Waals surface area (Å²) in [6.07, 6.45) is 1.17. The first-order chi connectivity index (χ1) is 10.8. The van der Waals surface area contributed by atoms with E-state index in [1.807, 2.05) is 0 Å². The van der Waals surface area contributed by atoms with Gasteiger partial charge in [-0.15, -0.1) is 0 Å². The van der Waals surface area contributed by atoms with Gasteiger partial charge in [-0.1, -0.05) is 38.1 Å². The lowest BCUT2D eigenvalue weighted by molar-refractivity contribution is 0.000867. The Morgan fingerprint density at radius 2 is 1.36 bits per heavy atom. The highest BCUT2D eigenvalue weighted by molar-refractivity contribution is 5.24. The van der Waals surface area contributed by atoms with Gasteiger partial charge in [0.15, 0.2) is 0 Å². The fourth-order valence-corrected chi connectivity index (χ4v) is 1.95. The molecular formula is C18H30O4. The van der Waals surface area contributed by atoms with Crippen molar-refractivity contribution in [2.75, 3.05) is 46.8 Å². The first kappa shape index (κ1) is 19.1. The molecule has 0 N–H and O–H groups in total. The van der Waals surface area contributed by atoms with Crippen molar-refractivity contribution >= 4 is 0 Å². The summed E-state index contributed by atoms with van der Waals surface area (Å²) < 4.78 is 21.2. The molecule has 126 valence electrons. The highest BCUT2D eigenvalue weighted by Crippen LogP contribution is 2.18. The molecule has 0 saturated heterocycles. The van der Waals surface area contributed by atoms with Crippen molar-refractivity contribution in [2.45, 2.75) is 32.8 Å². The molecule has 0 radical (unpaired) electrons. The van der Waals surface area contributed by atoms with E-state index in [2.05, 4.69) is 38.1 Å². The molecule has 1 rings (SSSR count). The van der Waals surface area contributed by atoms with Gasteiger partial charge in [0.25, 0.3) is 0 Å². The van der Waals surface area contributed by atoms with Crippen LogP contribution in [0.5, 0.6) is 0 Å². The van der Waals surface area contributed by atoms with Crippen LogP contribution in [0.1, 0.15) is 37.3 Å². The molecule has 0 bridgehead atoms. The number of rotatable bonds is 13. The summed E-state index contributed by atoms with van der Waals surface area (Å²) in [6, 6.07) is 8.68. The molecule has 0 heterocycles. The number of hydrogen-bond donors (Lipinski definition) is 0. The quantitative estimate of drug-likeness (QED) is 0.523. The van der Waals surface area contributed by atoms with E-state index < -0.39 is 0 Å². The second kappa shape index (κ2) is 12.6. The van der Waals surface area contributed by atoms with Crippen LogP contribution in [-0.2, 0) is 25.6 Å². The Balaban J connectivity index is 2.00. The smallest absolute Gasteiger partial charge is 0.0718 e. The van der Waals surface area contributed by atoms with Gasteiger partial charge in [0.2, 0.25) is 0 Å². The lowest BCUT2D eigenvalue weighted by Crippen LogP contribution is -2.11. The van der Waals surface area contributed by atoms with Crippen LogP contribution in [0.2, 0.25) is 0 Å². The van der Waals surface area contributed by atoms with Crippen LogP contribution in [0.4, 0.5) is 0 Å². The molecule has 22 heavy (non-hydrogen) atoms. The Labute approximate surface area is 134 Å². The molecule has 4 heteroatoms. The van der Waals surface area contributed by atoms with Crippen molar-refractivity contribution in [3.05, 3.63) is 35.4 Å². The highest BCUT2D eigenvalue weighted by Gasteiger charge is 2.02. The van der Waals surface area contributed by atoms with Gasteiger partial charge >= 0.3 is 0 Å². The summed E-state index contributed by atoms with van der Waals surface area (Å²) in [5.74, 6) is 0.620. The van der Waals surface area contributed by atoms with Crippen LogP contribution in [0, 0.1) is 0 Å². The van der Waals surface area contributed by atoms with Crippen LogP contribution in [0.25, 0.3) is 0 Å². The minimum Gasteiger partial charge on any atom is -0.382 e. The van der Waals surface area contributed by atoms with Crippen LogP contribution in [-0.4, -0.2) is 46.8 Å². The van der Waals surface area contributed by atoms with Crippen molar-refractivity contribution in [3.8, 4) is 0 Å². The van der Waals surface area contributed by atoms with Crippen LogP contribution in [0.3, 0.4) is 0 Å². The zero-order chi connectivity index (χ0) is 16.0. The fourth-order valence-electron chi connectivity index (χ4n) is 1.95. The van der Waals surface area contributed by atoms with Crippen LogP contribution < -0.4 is 0 Å². The fraction of sp³-hybridized carbons (Fsp3) is 0.667. The average Bonchev–Trinajstić information content (AvgIpc) is 2.56. The number of methoxy groups -OCH3 is 1. The molecule has 0 aliphatic rings. The molecular weight excluding hydrogens is 280 g/mol. The zero-order valence-electron chi connectivity index (χ0n) is 14.2. The largest absolute Gasteiger partial charge is 0.382 e. The Morgan fingerprint density at radius 1 is 0.818 bits per heavy atom. The topological polar surface area (TPSA) is 36.9 Å². The van der Waals surface area contributed by atoms with Crippen molar-refractivity contribution in [1.82, 2.24) is 0 Å². The first-order valence-corrected chi connectivity index (χ1v) is 8.09. The normalized spacial score (nSPS) is 12.5. The van der Waals surface area contributed by atoms with Crippen LogP contribution in [0.15, 0.2) is 24.3 Å². The molecule has 0 fully saturated rings. The van der Waals surface area contributed by atoms with Gasteiger partial charge in [-0.25, -0.2) is 0 Å². The van der Waals surface area contributed by atoms with E-state index in [1.54, 1.807) is 7.11 Å². The third kappa shape index (κ3) is 8.49. The molecule has 4 nitrogen and oxygen atoms in total. The number of benzene rings is 1. The van der Waals surface area contributed by atoms with E-state index in [-0.39, 0.29) is 0 Å². The molecule has 1 atom stereocenters. The molecule has 0 saturated carbocycles. The second-order valence-corrected chi connectivity index (χ2v) is 5.32. The molecule has 1 unspecified atom stereocenters. The number of hydrogen-bond acceptors (Lipinski definition) is 4. The molecule has 0 aromatic heterocycles. The first-order valence-electron chi connectivity index (χ1n) is 8.09. The summed E-state index contributed by atoms with van der Waals surface area (Å²) in [5.41, 5.74) is 2.60. The van der Waals surface area contributed by atoms with Crippen molar-refractivity contribution in [3.63, 3.8) is 0 Å². The van der Waals surface area contributed by atoms with Crippen molar-refractivity contribution in [2.24, 2.45) is 0 Å². The Kier molecular flexibility index (Phi) is 10.9. The maximum atomic E-state index is 5.61. The molecule has 1 aromatic rings. The van der Waals surface area contributed by atoms with E-state index in [0.29, 0.717) is 52.2 Å². The zero-order valence-corrected chi connectivity index (χ0v) is 14.2. The minimum absolute atomic E-state index is 0.594. The second-order valence-electron chi connectivity index (χ2n) is 5.32. The summed E-state index contributed by atoms with van der Waals surface area (Å²) in [4.78, 5) is 0. The van der Waals surface area contributed by atoms with Gasteiger partial charge in [-0.05, 0) is 23.5 Å². The lowest BCUT2D eigenvalue weighted by atomic mass is 9.98. The third-order valence-corrected chi connectivity index (χ3v) is 3.61. The predicted octanol–water partition coefficient (Wildman–Crippen LogP) is 3.40. The SMILES string of the molecule is CCC(C)c1ccc(COCCOCCOCCOC)cc1. The molecule has 0 aliphatic heterocycles. The summed E-state index contributed by atoms with van der Waals surface area (Å²) in [6.45, 7) is 8.73. The van der Waals surface area contributed by atoms with Gasteiger partial charge in [-0.2, -0.15) is 0 Å². The molecule has 0 spiro atoms. The molecule has 0 amide bonds. The van der Waals surface area contributed by atoms with E-state index in [4.69, 9.17) is 18.9 Å². The van der Waals surface area contributed by atoms with Gasteiger partial charge in [0.05, 0.1) is 46.2 Å². The summed E-state index contributed by atoms with van der Waals surface area (Å²) in [7, 11) is 1.66. The molecule has 1 aromatic carbocycles. The van der Waals surface area contributed by atoms with Crippen molar-refractivity contribution < 1.29 is 18.9 Å². The summed E-state index contributed by atoms with van der Waals surface area (Å²) in [5, 5.41) is 0. The van der Waals surface area contributed by atoms with Gasteiger partial charge < -0.3 is 18.9 Å². The maximum absolute atomic E-state index is 5.61. The average molecular weight is 310 g/mol. The van der Waals surface area contributed by atoms with Crippen molar-refractivity contribution in [1.29, 1.82) is 0 Å². The lowest BCUT2D eigenvalue weighted by Gasteiger charge is -2.10. The van der Waals surface area contributed by atoms with E-state index in [1.165, 1.54) is 17.5 Å². The Morgan fingerprint density at radius 3 is 1.91 bits per heavy atom. The van der Waals surface area contributed by atoms with Gasteiger partial charge in [0.1, 0.15) is 0 Å². The van der Waals surface area contributed by atoms with Gasteiger partial charge in [0, 0.05) is 7.11 Å². The van der Waals surface area contributed by atoms with Crippen LogP contribution >= 0.6 is 0 Å². The molecule has 0 aliphatic carbocycles. The Bertz CT molecular complexity index is 364. The van der Waals surface area contributed by atoms with Gasteiger partial charge in [-0.3, -0.25) is 0 Å². The monoisotopic (exact) mass is 310 g/mol. The third-order valence-electron chi connectivity index (χ3n) is 3.61. The minimum atomic E-state index is 0.594. The standard InChI is InChI=1S/C18H30O4/c1-4-16(2)18-7-5-17(6-8-18)15-22-14-13-21-12-11-20-10-9-19-3/h5-8,16H,4,9-15H2,1-3H3. The van der Waals surface area contributed by atoms with E-state index >= 15 is 0 Å². The summed E-state index contributed by atoms with van der Waals surface area (Å²) >= 11 is 0. The Hall–Kier alpha value is -0.940. The van der Waals surface area contributed by atoms with E-state index in [0.717, 1.165) is 0 Å². The van der Waals surface area contributed by atoms with E-state index in [9.17, 15) is 0 Å². The number of ether oxygens (including phenoxy) is 4. The maximum Gasteiger partial charge on any atom is 0.0718 e. The highest BCUT2D eigenvalue weighted by atomic mass is 16.6.